The zero-order chi connectivity index (χ0) is 13.4. The second kappa shape index (κ2) is 7.23. The molecule has 0 atom stereocenters. The van der Waals surface area contributed by atoms with Gasteiger partial charge in [0, 0.05) is 18.7 Å². The smallest absolute Gasteiger partial charge is 0.328 e. The standard InChI is InChI=1S/C11H12N2O4S/c14-9(1-2-10(15)16)13-11(17)12-5-3-8-4-6-18-7-8/h1-2,4,6-7H,3,5H2,(H,15,16)(H2,12,13,14,17). The zero-order valence-electron chi connectivity index (χ0n) is 9.38. The molecule has 0 bridgehead atoms. The van der Waals surface area contributed by atoms with Crippen LogP contribution < -0.4 is 10.6 Å². The maximum atomic E-state index is 11.2. The van der Waals surface area contributed by atoms with Gasteiger partial charge in [-0.1, -0.05) is 0 Å². The summed E-state index contributed by atoms with van der Waals surface area (Å²) in [4.78, 5) is 32.4. The van der Waals surface area contributed by atoms with E-state index in [9.17, 15) is 14.4 Å². The molecule has 0 spiro atoms. The maximum absolute atomic E-state index is 11.2. The Bertz CT molecular complexity index is 454. The summed E-state index contributed by atoms with van der Waals surface area (Å²) in [5.74, 6) is -2.02. The van der Waals surface area contributed by atoms with Crippen LogP contribution in [0.3, 0.4) is 0 Å². The Labute approximate surface area is 107 Å². The summed E-state index contributed by atoms with van der Waals surface area (Å²) in [6.45, 7) is 0.401. The van der Waals surface area contributed by atoms with Gasteiger partial charge in [-0.3, -0.25) is 10.1 Å². The van der Waals surface area contributed by atoms with Crippen LogP contribution in [0.2, 0.25) is 0 Å². The number of amides is 3. The molecule has 0 saturated carbocycles. The van der Waals surface area contributed by atoms with Crippen LogP contribution in [0.5, 0.6) is 0 Å². The topological polar surface area (TPSA) is 95.5 Å². The Balaban J connectivity index is 2.21. The Morgan fingerprint density at radius 2 is 2.11 bits per heavy atom. The van der Waals surface area contributed by atoms with E-state index in [0.29, 0.717) is 19.0 Å². The van der Waals surface area contributed by atoms with E-state index in [1.165, 1.54) is 0 Å². The van der Waals surface area contributed by atoms with E-state index in [1.807, 2.05) is 22.1 Å². The van der Waals surface area contributed by atoms with Crippen LogP contribution in [0.4, 0.5) is 4.79 Å². The van der Waals surface area contributed by atoms with E-state index in [1.54, 1.807) is 11.3 Å². The number of hydrogen-bond acceptors (Lipinski definition) is 4. The lowest BCUT2D eigenvalue weighted by atomic mass is 10.2. The van der Waals surface area contributed by atoms with Crippen LogP contribution in [-0.2, 0) is 16.0 Å². The molecule has 96 valence electrons. The monoisotopic (exact) mass is 268 g/mol. The number of hydrogen-bond donors (Lipinski definition) is 3. The number of urea groups is 1. The predicted octanol–water partition coefficient (Wildman–Crippen LogP) is 0.757. The highest BCUT2D eigenvalue weighted by Crippen LogP contribution is 2.05. The summed E-state index contributed by atoms with van der Waals surface area (Å²) in [5, 5.41) is 16.7. The summed E-state index contributed by atoms with van der Waals surface area (Å²) in [5.41, 5.74) is 1.11. The van der Waals surface area contributed by atoms with Gasteiger partial charge in [0.05, 0.1) is 0 Å². The average Bonchev–Trinajstić information content (AvgIpc) is 2.79. The molecule has 0 radical (unpaired) electrons. The molecule has 7 heteroatoms. The highest BCUT2D eigenvalue weighted by Gasteiger charge is 2.04. The van der Waals surface area contributed by atoms with Crippen LogP contribution >= 0.6 is 11.3 Å². The first-order valence-corrected chi connectivity index (χ1v) is 6.03. The van der Waals surface area contributed by atoms with Crippen LogP contribution in [0, 0.1) is 0 Å². The summed E-state index contributed by atoms with van der Waals surface area (Å²) in [7, 11) is 0. The molecule has 6 nitrogen and oxygen atoms in total. The average molecular weight is 268 g/mol. The first kappa shape index (κ1) is 13.9. The van der Waals surface area contributed by atoms with Crippen molar-refractivity contribution in [2.24, 2.45) is 0 Å². The molecule has 1 aromatic rings. The number of imide groups is 1. The van der Waals surface area contributed by atoms with Crippen LogP contribution in [0.25, 0.3) is 0 Å². The number of carboxylic acid groups (broad SMARTS) is 1. The third-order valence-electron chi connectivity index (χ3n) is 1.89. The normalized spacial score (nSPS) is 10.2. The van der Waals surface area contributed by atoms with Crippen molar-refractivity contribution in [1.82, 2.24) is 10.6 Å². The summed E-state index contributed by atoms with van der Waals surface area (Å²) in [6, 6.07) is 1.30. The van der Waals surface area contributed by atoms with Gasteiger partial charge < -0.3 is 10.4 Å². The van der Waals surface area contributed by atoms with Crippen molar-refractivity contribution in [3.63, 3.8) is 0 Å². The number of thiophene rings is 1. The first-order chi connectivity index (χ1) is 8.58. The highest BCUT2D eigenvalue weighted by molar-refractivity contribution is 7.07. The summed E-state index contributed by atoms with van der Waals surface area (Å²) < 4.78 is 0. The molecule has 0 aliphatic rings. The molecule has 0 unspecified atom stereocenters. The van der Waals surface area contributed by atoms with E-state index in [0.717, 1.165) is 11.6 Å². The van der Waals surface area contributed by atoms with Crippen molar-refractivity contribution in [3.05, 3.63) is 34.5 Å². The third-order valence-corrected chi connectivity index (χ3v) is 2.63. The molecular formula is C11H12N2O4S. The van der Waals surface area contributed by atoms with Crippen LogP contribution in [-0.4, -0.2) is 29.6 Å². The van der Waals surface area contributed by atoms with Crippen molar-refractivity contribution in [2.75, 3.05) is 6.54 Å². The molecule has 1 aromatic heterocycles. The molecule has 0 fully saturated rings. The minimum Gasteiger partial charge on any atom is -0.478 e. The molecule has 1 heterocycles. The number of carbonyl (C=O) groups excluding carboxylic acids is 2. The number of nitrogens with one attached hydrogen (secondary N) is 2. The quantitative estimate of drug-likeness (QED) is 0.687. The van der Waals surface area contributed by atoms with Gasteiger partial charge in [0.15, 0.2) is 0 Å². The fourth-order valence-electron chi connectivity index (χ4n) is 1.10. The van der Waals surface area contributed by atoms with Gasteiger partial charge in [-0.15, -0.1) is 0 Å². The van der Waals surface area contributed by atoms with E-state index in [4.69, 9.17) is 5.11 Å². The molecule has 0 aliphatic heterocycles. The molecule has 3 amide bonds. The van der Waals surface area contributed by atoms with E-state index in [-0.39, 0.29) is 0 Å². The Hall–Kier alpha value is -2.15. The lowest BCUT2D eigenvalue weighted by Crippen LogP contribution is -2.39. The minimum atomic E-state index is -1.25. The van der Waals surface area contributed by atoms with Crippen molar-refractivity contribution < 1.29 is 19.5 Å². The van der Waals surface area contributed by atoms with Gasteiger partial charge in [0.25, 0.3) is 5.91 Å². The van der Waals surface area contributed by atoms with Gasteiger partial charge >= 0.3 is 12.0 Å². The Morgan fingerprint density at radius 3 is 2.72 bits per heavy atom. The highest BCUT2D eigenvalue weighted by atomic mass is 32.1. The van der Waals surface area contributed by atoms with Crippen LogP contribution in [0.1, 0.15) is 5.56 Å². The van der Waals surface area contributed by atoms with Crippen molar-refractivity contribution >= 4 is 29.2 Å². The molecule has 3 N–H and O–H groups in total. The van der Waals surface area contributed by atoms with Crippen LogP contribution in [0.15, 0.2) is 29.0 Å². The fourth-order valence-corrected chi connectivity index (χ4v) is 1.80. The lowest BCUT2D eigenvalue weighted by Gasteiger charge is -2.03. The van der Waals surface area contributed by atoms with Crippen molar-refractivity contribution in [2.45, 2.75) is 6.42 Å². The number of carboxylic acids is 1. The van der Waals surface area contributed by atoms with Crippen molar-refractivity contribution in [1.29, 1.82) is 0 Å². The number of rotatable bonds is 5. The first-order valence-electron chi connectivity index (χ1n) is 5.09. The van der Waals surface area contributed by atoms with Gasteiger partial charge in [-0.2, -0.15) is 11.3 Å². The third kappa shape index (κ3) is 5.80. The number of carbonyl (C=O) groups is 3. The zero-order valence-corrected chi connectivity index (χ0v) is 10.2. The largest absolute Gasteiger partial charge is 0.478 e. The van der Waals surface area contributed by atoms with Crippen molar-refractivity contribution in [3.8, 4) is 0 Å². The van der Waals surface area contributed by atoms with Gasteiger partial charge in [-0.05, 0) is 28.8 Å². The molecule has 0 saturated heterocycles. The van der Waals surface area contributed by atoms with Gasteiger partial charge in [0.1, 0.15) is 0 Å². The molecule has 18 heavy (non-hydrogen) atoms. The molecule has 0 aliphatic carbocycles. The van der Waals surface area contributed by atoms with Gasteiger partial charge in [0.2, 0.25) is 0 Å². The fraction of sp³-hybridized carbons (Fsp3) is 0.182. The maximum Gasteiger partial charge on any atom is 0.328 e. The van der Waals surface area contributed by atoms with E-state index in [2.05, 4.69) is 5.32 Å². The summed E-state index contributed by atoms with van der Waals surface area (Å²) in [6.07, 6.45) is 2.12. The SMILES string of the molecule is O=C(O)C=CC(=O)NC(=O)NCCc1ccsc1. The second-order valence-electron chi connectivity index (χ2n) is 3.30. The minimum absolute atomic E-state index is 0.401. The molecule has 0 aromatic carbocycles. The summed E-state index contributed by atoms with van der Waals surface area (Å²) >= 11 is 1.57. The second-order valence-corrected chi connectivity index (χ2v) is 4.08. The van der Waals surface area contributed by atoms with E-state index < -0.39 is 17.9 Å². The molecule has 1 rings (SSSR count). The number of aliphatic carboxylic acids is 1. The van der Waals surface area contributed by atoms with E-state index >= 15 is 0 Å². The lowest BCUT2D eigenvalue weighted by molar-refractivity contribution is -0.131. The Kier molecular flexibility index (Phi) is 5.59. The predicted molar refractivity (Wildman–Crippen MR) is 66.3 cm³/mol. The Morgan fingerprint density at radius 1 is 1.33 bits per heavy atom. The van der Waals surface area contributed by atoms with Gasteiger partial charge in [-0.25, -0.2) is 9.59 Å². The molecular weight excluding hydrogens is 256 g/mol.